The van der Waals surface area contributed by atoms with Crippen LogP contribution in [0.15, 0.2) is 4.99 Å². The zero-order valence-electron chi connectivity index (χ0n) is 15.8. The molecule has 136 valence electrons. The van der Waals surface area contributed by atoms with Gasteiger partial charge in [-0.15, -0.1) is 24.0 Å². The molecule has 0 radical (unpaired) electrons. The van der Waals surface area contributed by atoms with Gasteiger partial charge in [-0.25, -0.2) is 0 Å². The van der Waals surface area contributed by atoms with Crippen LogP contribution >= 0.6 is 24.0 Å². The normalized spacial score (nSPS) is 25.6. The molecule has 5 heteroatoms. The molecule has 0 aromatic carbocycles. The van der Waals surface area contributed by atoms with E-state index >= 15 is 0 Å². The highest BCUT2D eigenvalue weighted by Gasteiger charge is 2.31. The molecule has 2 heterocycles. The van der Waals surface area contributed by atoms with Gasteiger partial charge in [0.15, 0.2) is 5.96 Å². The number of nitrogens with one attached hydrogen (secondary N) is 1. The Balaban J connectivity index is 0.00000264. The van der Waals surface area contributed by atoms with Gasteiger partial charge in [0.25, 0.3) is 0 Å². The average molecular weight is 436 g/mol. The molecular weight excluding hydrogens is 399 g/mol. The van der Waals surface area contributed by atoms with Crippen LogP contribution in [0, 0.1) is 17.3 Å². The molecule has 1 unspecified atom stereocenters. The van der Waals surface area contributed by atoms with Crippen LogP contribution in [-0.4, -0.2) is 62.1 Å². The topological polar surface area (TPSA) is 30.9 Å². The van der Waals surface area contributed by atoms with E-state index in [2.05, 4.69) is 47.8 Å². The molecule has 23 heavy (non-hydrogen) atoms. The van der Waals surface area contributed by atoms with E-state index < -0.39 is 0 Å². The van der Waals surface area contributed by atoms with Crippen LogP contribution < -0.4 is 5.32 Å². The first-order valence-corrected chi connectivity index (χ1v) is 9.07. The Bertz CT molecular complexity index is 381. The summed E-state index contributed by atoms with van der Waals surface area (Å²) in [4.78, 5) is 9.57. The Hall–Kier alpha value is -0.0400. The van der Waals surface area contributed by atoms with E-state index in [-0.39, 0.29) is 24.0 Å². The van der Waals surface area contributed by atoms with Crippen LogP contribution in [0.5, 0.6) is 0 Å². The minimum Gasteiger partial charge on any atom is -0.356 e. The summed E-state index contributed by atoms with van der Waals surface area (Å²) >= 11 is 0. The number of piperidine rings is 1. The van der Waals surface area contributed by atoms with Crippen LogP contribution in [0.4, 0.5) is 0 Å². The Morgan fingerprint density at radius 1 is 1.30 bits per heavy atom. The molecule has 0 aromatic heterocycles. The van der Waals surface area contributed by atoms with Crippen molar-refractivity contribution in [3.63, 3.8) is 0 Å². The first-order chi connectivity index (χ1) is 10.4. The highest BCUT2D eigenvalue weighted by Crippen LogP contribution is 2.28. The Morgan fingerprint density at radius 3 is 2.61 bits per heavy atom. The number of hydrogen-bond acceptors (Lipinski definition) is 2. The molecule has 0 saturated carbocycles. The Morgan fingerprint density at radius 2 is 2.04 bits per heavy atom. The molecule has 0 amide bonds. The molecule has 2 aliphatic rings. The van der Waals surface area contributed by atoms with Gasteiger partial charge in [-0.05, 0) is 43.1 Å². The van der Waals surface area contributed by atoms with Crippen LogP contribution in [0.25, 0.3) is 0 Å². The summed E-state index contributed by atoms with van der Waals surface area (Å²) in [7, 11) is 1.92. The molecule has 2 aliphatic heterocycles. The molecule has 1 atom stereocenters. The summed E-state index contributed by atoms with van der Waals surface area (Å²) in [6, 6.07) is 0. The van der Waals surface area contributed by atoms with E-state index in [0.29, 0.717) is 5.41 Å². The van der Waals surface area contributed by atoms with Gasteiger partial charge in [0.05, 0.1) is 0 Å². The van der Waals surface area contributed by atoms with Crippen molar-refractivity contribution in [2.24, 2.45) is 22.2 Å². The summed E-state index contributed by atoms with van der Waals surface area (Å²) in [5.41, 5.74) is 0.427. The summed E-state index contributed by atoms with van der Waals surface area (Å²) in [5, 5.41) is 3.64. The fourth-order valence-corrected chi connectivity index (χ4v) is 3.86. The zero-order valence-corrected chi connectivity index (χ0v) is 18.1. The second-order valence-corrected chi connectivity index (χ2v) is 8.43. The van der Waals surface area contributed by atoms with Gasteiger partial charge in [0.1, 0.15) is 0 Å². The van der Waals surface area contributed by atoms with E-state index in [4.69, 9.17) is 0 Å². The van der Waals surface area contributed by atoms with Crippen molar-refractivity contribution in [2.45, 2.75) is 47.0 Å². The third kappa shape index (κ3) is 6.77. The number of guanidine groups is 1. The van der Waals surface area contributed by atoms with Crippen molar-refractivity contribution in [2.75, 3.05) is 46.3 Å². The molecule has 4 nitrogen and oxygen atoms in total. The smallest absolute Gasteiger partial charge is 0.193 e. The maximum absolute atomic E-state index is 4.51. The Labute approximate surface area is 160 Å². The lowest BCUT2D eigenvalue weighted by atomic mass is 9.93. The SMILES string of the molecule is CN=C(NCC1CCCN(CC(C)C)C1)N1CCC(C)(C)C1.I. The van der Waals surface area contributed by atoms with Gasteiger partial charge in [-0.1, -0.05) is 27.7 Å². The summed E-state index contributed by atoms with van der Waals surface area (Å²) in [5.74, 6) is 2.64. The second-order valence-electron chi connectivity index (χ2n) is 8.43. The predicted octanol–water partition coefficient (Wildman–Crippen LogP) is 3.28. The van der Waals surface area contributed by atoms with E-state index in [1.54, 1.807) is 0 Å². The van der Waals surface area contributed by atoms with Gasteiger partial charge in [0.2, 0.25) is 0 Å². The lowest BCUT2D eigenvalue weighted by molar-refractivity contribution is 0.159. The quantitative estimate of drug-likeness (QED) is 0.417. The molecule has 0 spiro atoms. The summed E-state index contributed by atoms with van der Waals surface area (Å²) in [6.07, 6.45) is 3.96. The maximum Gasteiger partial charge on any atom is 0.193 e. The van der Waals surface area contributed by atoms with Crippen molar-refractivity contribution in [3.8, 4) is 0 Å². The number of nitrogens with zero attached hydrogens (tertiary/aromatic N) is 3. The van der Waals surface area contributed by atoms with E-state index in [9.17, 15) is 0 Å². The molecule has 0 aliphatic carbocycles. The van der Waals surface area contributed by atoms with E-state index in [0.717, 1.165) is 37.4 Å². The fraction of sp³-hybridized carbons (Fsp3) is 0.944. The average Bonchev–Trinajstić information content (AvgIpc) is 2.79. The second kappa shape index (κ2) is 9.44. The van der Waals surface area contributed by atoms with E-state index in [1.165, 1.54) is 38.9 Å². The summed E-state index contributed by atoms with van der Waals surface area (Å²) in [6.45, 7) is 16.4. The van der Waals surface area contributed by atoms with Crippen LogP contribution in [0.2, 0.25) is 0 Å². The number of rotatable bonds is 4. The van der Waals surface area contributed by atoms with Crippen molar-refractivity contribution in [3.05, 3.63) is 0 Å². The Kier molecular flexibility index (Phi) is 8.63. The minimum atomic E-state index is 0. The number of likely N-dealkylation sites (tertiary alicyclic amines) is 2. The molecular formula is C18H37IN4. The maximum atomic E-state index is 4.51. The lowest BCUT2D eigenvalue weighted by Gasteiger charge is -2.34. The standard InChI is InChI=1S/C18H36N4.HI/c1-15(2)12-21-9-6-7-16(13-21)11-20-17(19-5)22-10-8-18(3,4)14-22;/h15-16H,6-14H2,1-5H3,(H,19,20);1H. The van der Waals surface area contributed by atoms with Gasteiger partial charge in [0, 0.05) is 39.8 Å². The van der Waals surface area contributed by atoms with Crippen LogP contribution in [-0.2, 0) is 0 Å². The minimum absolute atomic E-state index is 0. The van der Waals surface area contributed by atoms with E-state index in [1.807, 2.05) is 7.05 Å². The molecule has 1 N–H and O–H groups in total. The first kappa shape index (κ1) is 21.0. The largest absolute Gasteiger partial charge is 0.356 e. The number of halogens is 1. The van der Waals surface area contributed by atoms with Crippen molar-refractivity contribution >= 4 is 29.9 Å². The van der Waals surface area contributed by atoms with Gasteiger partial charge in [-0.3, -0.25) is 4.99 Å². The zero-order chi connectivity index (χ0) is 16.2. The lowest BCUT2D eigenvalue weighted by Crippen LogP contribution is -2.46. The molecule has 2 saturated heterocycles. The first-order valence-electron chi connectivity index (χ1n) is 9.07. The molecule has 0 bridgehead atoms. The molecule has 0 aromatic rings. The fourth-order valence-electron chi connectivity index (χ4n) is 3.86. The highest BCUT2D eigenvalue weighted by molar-refractivity contribution is 14.0. The monoisotopic (exact) mass is 436 g/mol. The summed E-state index contributed by atoms with van der Waals surface area (Å²) < 4.78 is 0. The number of aliphatic imine (C=N–C) groups is 1. The number of hydrogen-bond donors (Lipinski definition) is 1. The van der Waals surface area contributed by atoms with Gasteiger partial charge < -0.3 is 15.1 Å². The van der Waals surface area contributed by atoms with Gasteiger partial charge >= 0.3 is 0 Å². The van der Waals surface area contributed by atoms with Gasteiger partial charge in [-0.2, -0.15) is 0 Å². The van der Waals surface area contributed by atoms with Crippen molar-refractivity contribution < 1.29 is 0 Å². The third-order valence-corrected chi connectivity index (χ3v) is 4.96. The predicted molar refractivity (Wildman–Crippen MR) is 111 cm³/mol. The third-order valence-electron chi connectivity index (χ3n) is 4.96. The molecule has 2 rings (SSSR count). The van der Waals surface area contributed by atoms with Crippen molar-refractivity contribution in [1.29, 1.82) is 0 Å². The molecule has 2 fully saturated rings. The van der Waals surface area contributed by atoms with Crippen LogP contribution in [0.3, 0.4) is 0 Å². The van der Waals surface area contributed by atoms with Crippen LogP contribution in [0.1, 0.15) is 47.0 Å². The van der Waals surface area contributed by atoms with Crippen molar-refractivity contribution in [1.82, 2.24) is 15.1 Å². The highest BCUT2D eigenvalue weighted by atomic mass is 127.